The van der Waals surface area contributed by atoms with E-state index in [-0.39, 0.29) is 5.56 Å². The van der Waals surface area contributed by atoms with Crippen molar-refractivity contribution < 1.29 is 0 Å². The minimum Gasteiger partial charge on any atom is -0.323 e. The summed E-state index contributed by atoms with van der Waals surface area (Å²) in [5.41, 5.74) is 1.53. The molecular formula is C14H18N2OS2. The molecule has 0 saturated carbocycles. The first-order valence-electron chi connectivity index (χ1n) is 6.63. The number of hydrogen-bond donors (Lipinski definition) is 2. The highest BCUT2D eigenvalue weighted by Crippen LogP contribution is 2.41. The van der Waals surface area contributed by atoms with Crippen LogP contribution in [0.1, 0.15) is 37.6 Å². The van der Waals surface area contributed by atoms with Crippen molar-refractivity contribution in [1.82, 2.24) is 9.97 Å². The van der Waals surface area contributed by atoms with Crippen molar-refractivity contribution in [3.63, 3.8) is 0 Å². The van der Waals surface area contributed by atoms with Gasteiger partial charge in [-0.2, -0.15) is 0 Å². The quantitative estimate of drug-likeness (QED) is 0.726. The molecule has 1 atom stereocenters. The molecule has 102 valence electrons. The average Bonchev–Trinajstić information content (AvgIpc) is 2.64. The lowest BCUT2D eigenvalue weighted by Crippen LogP contribution is -2.26. The molecule has 2 heterocycles. The third kappa shape index (κ3) is 2.19. The second kappa shape index (κ2) is 4.28. The van der Waals surface area contributed by atoms with Crippen LogP contribution < -0.4 is 5.56 Å². The van der Waals surface area contributed by atoms with E-state index < -0.39 is 0 Å². The topological polar surface area (TPSA) is 48.6 Å². The van der Waals surface area contributed by atoms with Gasteiger partial charge in [-0.25, -0.2) is 0 Å². The Bertz CT molecular complexity index is 745. The van der Waals surface area contributed by atoms with Crippen molar-refractivity contribution in [2.75, 3.05) is 0 Å². The molecule has 0 aromatic carbocycles. The molecule has 2 N–H and O–H groups in total. The molecule has 1 unspecified atom stereocenters. The predicted octanol–water partition coefficient (Wildman–Crippen LogP) is 3.80. The van der Waals surface area contributed by atoms with Gasteiger partial charge >= 0.3 is 0 Å². The van der Waals surface area contributed by atoms with Crippen molar-refractivity contribution in [2.45, 2.75) is 40.0 Å². The van der Waals surface area contributed by atoms with Crippen LogP contribution in [-0.2, 0) is 12.8 Å². The van der Waals surface area contributed by atoms with Crippen LogP contribution in [0.2, 0.25) is 0 Å². The van der Waals surface area contributed by atoms with Crippen LogP contribution in [0.15, 0.2) is 4.79 Å². The Hall–Kier alpha value is -0.940. The van der Waals surface area contributed by atoms with E-state index in [4.69, 9.17) is 12.2 Å². The number of aromatic nitrogens is 2. The standard InChI is InChI=1S/C14H18N2OS2/c1-14(2,3)7-4-5-8-9(6-7)19-12-10(8)11(17)15-13(18)16-12/h7H,4-6H2,1-3H3,(H2,15,16,17,18). The fourth-order valence-electron chi connectivity index (χ4n) is 2.95. The van der Waals surface area contributed by atoms with Crippen molar-refractivity contribution in [3.8, 4) is 0 Å². The molecule has 2 aromatic heterocycles. The lowest BCUT2D eigenvalue weighted by Gasteiger charge is -2.33. The molecule has 1 aliphatic carbocycles. The summed E-state index contributed by atoms with van der Waals surface area (Å²) in [6.07, 6.45) is 3.25. The van der Waals surface area contributed by atoms with Crippen LogP contribution in [0, 0.1) is 16.1 Å². The van der Waals surface area contributed by atoms with Gasteiger partial charge in [-0.05, 0) is 48.4 Å². The second-order valence-corrected chi connectivity index (χ2v) is 7.94. The Morgan fingerprint density at radius 3 is 2.74 bits per heavy atom. The second-order valence-electron chi connectivity index (χ2n) is 6.42. The van der Waals surface area contributed by atoms with E-state index in [2.05, 4.69) is 30.7 Å². The molecule has 0 aliphatic heterocycles. The van der Waals surface area contributed by atoms with Gasteiger partial charge in [0, 0.05) is 4.88 Å². The van der Waals surface area contributed by atoms with Gasteiger partial charge in [-0.1, -0.05) is 20.8 Å². The number of hydrogen-bond acceptors (Lipinski definition) is 3. The summed E-state index contributed by atoms with van der Waals surface area (Å²) in [5, 5.41) is 0.834. The SMILES string of the molecule is CC(C)(C)C1CCc2c(sc3[nH]c(=S)[nH]c(=O)c23)C1. The monoisotopic (exact) mass is 294 g/mol. The van der Waals surface area contributed by atoms with E-state index in [1.54, 1.807) is 11.3 Å². The Morgan fingerprint density at radius 2 is 2.05 bits per heavy atom. The molecule has 3 nitrogen and oxygen atoms in total. The van der Waals surface area contributed by atoms with Gasteiger partial charge in [0.15, 0.2) is 4.77 Å². The van der Waals surface area contributed by atoms with Crippen molar-refractivity contribution in [1.29, 1.82) is 0 Å². The predicted molar refractivity (Wildman–Crippen MR) is 82.6 cm³/mol. The highest BCUT2D eigenvalue weighted by molar-refractivity contribution is 7.71. The highest BCUT2D eigenvalue weighted by atomic mass is 32.1. The number of fused-ring (bicyclic) bond motifs is 3. The third-order valence-electron chi connectivity index (χ3n) is 4.17. The van der Waals surface area contributed by atoms with Crippen molar-refractivity contribution in [2.24, 2.45) is 11.3 Å². The zero-order chi connectivity index (χ0) is 13.8. The van der Waals surface area contributed by atoms with Crippen LogP contribution >= 0.6 is 23.6 Å². The lowest BCUT2D eigenvalue weighted by molar-refractivity contribution is 0.218. The van der Waals surface area contributed by atoms with E-state index in [1.165, 1.54) is 10.4 Å². The first-order valence-corrected chi connectivity index (χ1v) is 7.85. The number of rotatable bonds is 0. The van der Waals surface area contributed by atoms with Gasteiger partial charge in [0.2, 0.25) is 0 Å². The smallest absolute Gasteiger partial charge is 0.260 e. The minimum atomic E-state index is -0.0366. The zero-order valence-electron chi connectivity index (χ0n) is 11.4. The molecule has 0 spiro atoms. The van der Waals surface area contributed by atoms with Gasteiger partial charge in [0.25, 0.3) is 5.56 Å². The van der Waals surface area contributed by atoms with Gasteiger partial charge < -0.3 is 4.98 Å². The summed E-state index contributed by atoms with van der Waals surface area (Å²) in [6, 6.07) is 0. The maximum atomic E-state index is 12.1. The van der Waals surface area contributed by atoms with Gasteiger partial charge in [0.1, 0.15) is 4.83 Å². The molecule has 5 heteroatoms. The highest BCUT2D eigenvalue weighted by Gasteiger charge is 2.31. The third-order valence-corrected chi connectivity index (χ3v) is 5.55. The fourth-order valence-corrected chi connectivity index (χ4v) is 4.54. The Kier molecular flexibility index (Phi) is 2.94. The van der Waals surface area contributed by atoms with Gasteiger partial charge in [0.05, 0.1) is 5.39 Å². The normalized spacial score (nSPS) is 19.6. The fraction of sp³-hybridized carbons (Fsp3) is 0.571. The lowest BCUT2D eigenvalue weighted by atomic mass is 9.72. The van der Waals surface area contributed by atoms with E-state index >= 15 is 0 Å². The first kappa shape index (κ1) is 13.1. The summed E-state index contributed by atoms with van der Waals surface area (Å²) >= 11 is 6.75. The summed E-state index contributed by atoms with van der Waals surface area (Å²) in [6.45, 7) is 6.91. The maximum absolute atomic E-state index is 12.1. The Labute approximate surface area is 121 Å². The maximum Gasteiger partial charge on any atom is 0.260 e. The molecule has 0 radical (unpaired) electrons. The summed E-state index contributed by atoms with van der Waals surface area (Å²) < 4.78 is 0.420. The van der Waals surface area contributed by atoms with Crippen LogP contribution in [0.3, 0.4) is 0 Å². The molecule has 3 rings (SSSR count). The molecular weight excluding hydrogens is 276 g/mol. The minimum absolute atomic E-state index is 0.0366. The van der Waals surface area contributed by atoms with Crippen LogP contribution in [0.4, 0.5) is 0 Å². The Balaban J connectivity index is 2.16. The summed E-state index contributed by atoms with van der Waals surface area (Å²) in [4.78, 5) is 20.2. The van der Waals surface area contributed by atoms with E-state index in [0.717, 1.165) is 29.5 Å². The molecule has 0 bridgehead atoms. The summed E-state index contributed by atoms with van der Waals surface area (Å²) in [7, 11) is 0. The first-order chi connectivity index (χ1) is 8.86. The van der Waals surface area contributed by atoms with Gasteiger partial charge in [-0.15, -0.1) is 11.3 Å². The van der Waals surface area contributed by atoms with E-state index in [1.807, 2.05) is 0 Å². The number of aromatic amines is 2. The largest absolute Gasteiger partial charge is 0.323 e. The molecule has 0 amide bonds. The average molecular weight is 294 g/mol. The van der Waals surface area contributed by atoms with Crippen molar-refractivity contribution >= 4 is 33.8 Å². The number of thiophene rings is 1. The molecule has 0 fully saturated rings. The molecule has 0 saturated heterocycles. The van der Waals surface area contributed by atoms with Crippen molar-refractivity contribution in [3.05, 3.63) is 25.6 Å². The van der Waals surface area contributed by atoms with Crippen LogP contribution in [-0.4, -0.2) is 9.97 Å². The molecule has 2 aromatic rings. The number of nitrogens with one attached hydrogen (secondary N) is 2. The molecule has 19 heavy (non-hydrogen) atoms. The zero-order valence-corrected chi connectivity index (χ0v) is 13.1. The van der Waals surface area contributed by atoms with E-state index in [0.29, 0.717) is 16.1 Å². The van der Waals surface area contributed by atoms with E-state index in [9.17, 15) is 4.79 Å². The Morgan fingerprint density at radius 1 is 1.32 bits per heavy atom. The summed E-state index contributed by atoms with van der Waals surface area (Å²) in [5.74, 6) is 0.690. The number of H-pyrrole nitrogens is 2. The number of aryl methyl sites for hydroxylation is 1. The van der Waals surface area contributed by atoms with Gasteiger partial charge in [-0.3, -0.25) is 9.78 Å². The van der Waals surface area contributed by atoms with Crippen LogP contribution in [0.25, 0.3) is 10.2 Å². The molecule has 1 aliphatic rings. The van der Waals surface area contributed by atoms with Crippen LogP contribution in [0.5, 0.6) is 0 Å².